The zero-order valence-electron chi connectivity index (χ0n) is 10.1. The lowest BCUT2D eigenvalue weighted by atomic mass is 10.1. The highest BCUT2D eigenvalue weighted by Gasteiger charge is 1.99. The lowest BCUT2D eigenvalue weighted by Crippen LogP contribution is -2.02. The molecule has 0 radical (unpaired) electrons. The molecule has 84 valence electrons. The third-order valence-corrected chi connectivity index (χ3v) is 2.38. The highest BCUT2D eigenvalue weighted by molar-refractivity contribution is 4.97. The summed E-state index contributed by atoms with van der Waals surface area (Å²) in [5.41, 5.74) is 1.21. The molecule has 0 amide bonds. The van der Waals surface area contributed by atoms with Crippen molar-refractivity contribution in [3.63, 3.8) is 0 Å². The molecule has 0 aliphatic heterocycles. The second-order valence-electron chi connectivity index (χ2n) is 4.37. The van der Waals surface area contributed by atoms with Crippen LogP contribution in [-0.2, 0) is 0 Å². The minimum atomic E-state index is -0.217. The summed E-state index contributed by atoms with van der Waals surface area (Å²) in [5, 5.41) is 9.55. The van der Waals surface area contributed by atoms with Crippen LogP contribution in [0, 0.1) is 0 Å². The van der Waals surface area contributed by atoms with E-state index in [9.17, 15) is 5.11 Å². The fourth-order valence-electron chi connectivity index (χ4n) is 1.60. The third kappa shape index (κ3) is 9.79. The van der Waals surface area contributed by atoms with Crippen LogP contribution in [0.2, 0.25) is 0 Å². The van der Waals surface area contributed by atoms with Gasteiger partial charge in [-0.1, -0.05) is 57.1 Å². The molecule has 1 N–H and O–H groups in total. The number of hydrogen-bond donors (Lipinski definition) is 1. The molecular weight excluding hydrogens is 172 g/mol. The summed E-state index contributed by atoms with van der Waals surface area (Å²) < 4.78 is 0. The Balaban J connectivity index is 3.23. The van der Waals surface area contributed by atoms with E-state index in [0.29, 0.717) is 0 Å². The van der Waals surface area contributed by atoms with Crippen molar-refractivity contribution in [3.8, 4) is 0 Å². The van der Waals surface area contributed by atoms with E-state index in [1.165, 1.54) is 37.7 Å². The van der Waals surface area contributed by atoms with E-state index in [4.69, 9.17) is 0 Å². The maximum absolute atomic E-state index is 9.55. The van der Waals surface area contributed by atoms with Crippen LogP contribution in [0.4, 0.5) is 0 Å². The van der Waals surface area contributed by atoms with Crippen molar-refractivity contribution in [2.45, 2.75) is 71.8 Å². The Morgan fingerprint density at radius 2 is 1.64 bits per heavy atom. The van der Waals surface area contributed by atoms with Crippen LogP contribution in [0.1, 0.15) is 65.7 Å². The molecule has 0 aromatic rings. The van der Waals surface area contributed by atoms with Crippen molar-refractivity contribution in [2.24, 2.45) is 0 Å². The summed E-state index contributed by atoms with van der Waals surface area (Å²) in [5.74, 6) is 0. The molecule has 0 aliphatic rings. The number of unbranched alkanes of at least 4 members (excludes halogenated alkanes) is 5. The molecule has 0 aromatic carbocycles. The average Bonchev–Trinajstić information content (AvgIpc) is 2.10. The van der Waals surface area contributed by atoms with E-state index in [1.54, 1.807) is 0 Å². The van der Waals surface area contributed by atoms with Gasteiger partial charge in [-0.3, -0.25) is 0 Å². The van der Waals surface area contributed by atoms with Crippen molar-refractivity contribution in [1.82, 2.24) is 0 Å². The Morgan fingerprint density at radius 1 is 1.07 bits per heavy atom. The Hall–Kier alpha value is -0.300. The van der Waals surface area contributed by atoms with E-state index < -0.39 is 0 Å². The van der Waals surface area contributed by atoms with Crippen molar-refractivity contribution >= 4 is 0 Å². The van der Waals surface area contributed by atoms with Crippen molar-refractivity contribution in [1.29, 1.82) is 0 Å². The second-order valence-corrected chi connectivity index (χ2v) is 4.37. The first-order valence-corrected chi connectivity index (χ1v) is 6.00. The lowest BCUT2D eigenvalue weighted by molar-refractivity contribution is 0.207. The highest BCUT2D eigenvalue weighted by atomic mass is 16.3. The van der Waals surface area contributed by atoms with Crippen LogP contribution in [0.5, 0.6) is 0 Å². The largest absolute Gasteiger partial charge is 0.389 e. The number of allylic oxidation sites excluding steroid dienone is 1. The molecule has 0 fully saturated rings. The number of aliphatic hydroxyl groups excluding tert-OH is 1. The maximum atomic E-state index is 9.55. The summed E-state index contributed by atoms with van der Waals surface area (Å²) >= 11 is 0. The van der Waals surface area contributed by atoms with Gasteiger partial charge < -0.3 is 5.11 Å². The number of hydrogen-bond acceptors (Lipinski definition) is 1. The van der Waals surface area contributed by atoms with Gasteiger partial charge in [0.1, 0.15) is 0 Å². The minimum Gasteiger partial charge on any atom is -0.389 e. The summed E-state index contributed by atoms with van der Waals surface area (Å²) in [4.78, 5) is 0. The topological polar surface area (TPSA) is 20.2 Å². The highest BCUT2D eigenvalue weighted by Crippen LogP contribution is 2.09. The molecule has 0 saturated carbocycles. The van der Waals surface area contributed by atoms with E-state index >= 15 is 0 Å². The fourth-order valence-corrected chi connectivity index (χ4v) is 1.60. The van der Waals surface area contributed by atoms with Crippen LogP contribution >= 0.6 is 0 Å². The summed E-state index contributed by atoms with van der Waals surface area (Å²) in [6.07, 6.45) is 10.4. The predicted molar refractivity (Wildman–Crippen MR) is 63.4 cm³/mol. The molecule has 0 saturated heterocycles. The van der Waals surface area contributed by atoms with Crippen LogP contribution in [-0.4, -0.2) is 11.2 Å². The van der Waals surface area contributed by atoms with Crippen molar-refractivity contribution < 1.29 is 5.11 Å². The van der Waals surface area contributed by atoms with E-state index in [-0.39, 0.29) is 6.10 Å². The first kappa shape index (κ1) is 13.7. The smallest absolute Gasteiger partial charge is 0.0723 e. The molecule has 0 spiro atoms. The van der Waals surface area contributed by atoms with E-state index in [1.807, 2.05) is 19.9 Å². The van der Waals surface area contributed by atoms with E-state index in [2.05, 4.69) is 6.92 Å². The predicted octanol–water partition coefficient (Wildman–Crippen LogP) is 4.06. The zero-order valence-corrected chi connectivity index (χ0v) is 10.1. The molecule has 1 unspecified atom stereocenters. The van der Waals surface area contributed by atoms with Crippen LogP contribution in [0.15, 0.2) is 11.6 Å². The minimum absolute atomic E-state index is 0.217. The Labute approximate surface area is 89.2 Å². The molecule has 0 bridgehead atoms. The lowest BCUT2D eigenvalue weighted by Gasteiger charge is -2.06. The Morgan fingerprint density at radius 3 is 2.21 bits per heavy atom. The molecule has 14 heavy (non-hydrogen) atoms. The van der Waals surface area contributed by atoms with E-state index in [0.717, 1.165) is 12.8 Å². The monoisotopic (exact) mass is 198 g/mol. The number of aliphatic hydroxyl groups is 1. The first-order valence-electron chi connectivity index (χ1n) is 6.00. The summed E-state index contributed by atoms with van der Waals surface area (Å²) in [7, 11) is 0. The molecule has 1 heteroatoms. The normalized spacial score (nSPS) is 12.6. The van der Waals surface area contributed by atoms with Crippen LogP contribution in [0.3, 0.4) is 0 Å². The Bertz CT molecular complexity index is 145. The van der Waals surface area contributed by atoms with Gasteiger partial charge in [-0.25, -0.2) is 0 Å². The van der Waals surface area contributed by atoms with Crippen molar-refractivity contribution in [2.75, 3.05) is 0 Å². The first-order chi connectivity index (χ1) is 6.66. The maximum Gasteiger partial charge on any atom is 0.0723 e. The molecular formula is C13H26O. The van der Waals surface area contributed by atoms with Gasteiger partial charge >= 0.3 is 0 Å². The molecule has 0 heterocycles. The molecule has 0 rings (SSSR count). The second kappa shape index (κ2) is 9.26. The van der Waals surface area contributed by atoms with Gasteiger partial charge in [-0.15, -0.1) is 0 Å². The number of rotatable bonds is 8. The van der Waals surface area contributed by atoms with Gasteiger partial charge in [-0.2, -0.15) is 0 Å². The van der Waals surface area contributed by atoms with Gasteiger partial charge in [-0.05, 0) is 20.3 Å². The summed E-state index contributed by atoms with van der Waals surface area (Å²) in [6, 6.07) is 0. The van der Waals surface area contributed by atoms with Crippen LogP contribution in [0.25, 0.3) is 0 Å². The quantitative estimate of drug-likeness (QED) is 0.460. The van der Waals surface area contributed by atoms with Gasteiger partial charge in [0, 0.05) is 0 Å². The molecule has 1 atom stereocenters. The van der Waals surface area contributed by atoms with Gasteiger partial charge in [0.05, 0.1) is 6.10 Å². The molecule has 0 aromatic heterocycles. The Kier molecular flexibility index (Phi) is 9.06. The SMILES string of the molecule is CCCCCCCCC(O)C=C(C)C. The average molecular weight is 198 g/mol. The van der Waals surface area contributed by atoms with Gasteiger partial charge in [0.25, 0.3) is 0 Å². The van der Waals surface area contributed by atoms with Gasteiger partial charge in [0.15, 0.2) is 0 Å². The van der Waals surface area contributed by atoms with Gasteiger partial charge in [0.2, 0.25) is 0 Å². The molecule has 0 aliphatic carbocycles. The standard InChI is InChI=1S/C13H26O/c1-4-5-6-7-8-9-10-13(14)11-12(2)3/h11,13-14H,4-10H2,1-3H3. The molecule has 1 nitrogen and oxygen atoms in total. The third-order valence-electron chi connectivity index (χ3n) is 2.38. The van der Waals surface area contributed by atoms with Crippen molar-refractivity contribution in [3.05, 3.63) is 11.6 Å². The van der Waals surface area contributed by atoms with Crippen LogP contribution < -0.4 is 0 Å². The zero-order chi connectivity index (χ0) is 10.8. The summed E-state index contributed by atoms with van der Waals surface area (Å²) in [6.45, 7) is 6.30. The fraction of sp³-hybridized carbons (Fsp3) is 0.846.